The first-order valence-electron chi connectivity index (χ1n) is 6.28. The number of ether oxygens (including phenoxy) is 3. The Morgan fingerprint density at radius 3 is 2.79 bits per heavy atom. The van der Waals surface area contributed by atoms with Crippen molar-refractivity contribution < 1.29 is 19.0 Å². The summed E-state index contributed by atoms with van der Waals surface area (Å²) in [7, 11) is 1.57. The summed E-state index contributed by atoms with van der Waals surface area (Å²) in [5, 5.41) is 0. The summed E-state index contributed by atoms with van der Waals surface area (Å²) in [6, 6.07) is 3.41. The SMILES string of the molecule is COc1cc(C=O)cc(Br)c1OCC1CCOCC1. The Morgan fingerprint density at radius 2 is 2.16 bits per heavy atom. The van der Waals surface area contributed by atoms with E-state index in [1.807, 2.05) is 0 Å². The van der Waals surface area contributed by atoms with Crippen LogP contribution in [0.4, 0.5) is 0 Å². The van der Waals surface area contributed by atoms with Gasteiger partial charge in [0.1, 0.15) is 6.29 Å². The molecule has 0 atom stereocenters. The molecule has 1 saturated heterocycles. The van der Waals surface area contributed by atoms with E-state index >= 15 is 0 Å². The Bertz CT molecular complexity index is 441. The maximum Gasteiger partial charge on any atom is 0.175 e. The van der Waals surface area contributed by atoms with E-state index in [0.717, 1.165) is 36.8 Å². The number of carbonyl (C=O) groups is 1. The van der Waals surface area contributed by atoms with Gasteiger partial charge in [-0.15, -0.1) is 0 Å². The van der Waals surface area contributed by atoms with Crippen LogP contribution < -0.4 is 9.47 Å². The zero-order valence-electron chi connectivity index (χ0n) is 10.9. The van der Waals surface area contributed by atoms with Crippen molar-refractivity contribution in [2.75, 3.05) is 26.9 Å². The lowest BCUT2D eigenvalue weighted by Crippen LogP contribution is -2.21. The number of aldehydes is 1. The molecular weight excluding hydrogens is 312 g/mol. The molecule has 4 nitrogen and oxygen atoms in total. The molecule has 1 aliphatic rings. The maximum absolute atomic E-state index is 10.8. The summed E-state index contributed by atoms with van der Waals surface area (Å²) in [5.74, 6) is 1.74. The Labute approximate surface area is 121 Å². The Morgan fingerprint density at radius 1 is 1.42 bits per heavy atom. The average molecular weight is 329 g/mol. The molecule has 0 amide bonds. The normalized spacial score (nSPS) is 16.1. The Kier molecular flexibility index (Phi) is 5.22. The molecule has 5 heteroatoms. The van der Waals surface area contributed by atoms with Gasteiger partial charge in [-0.2, -0.15) is 0 Å². The van der Waals surface area contributed by atoms with E-state index in [-0.39, 0.29) is 0 Å². The lowest BCUT2D eigenvalue weighted by atomic mass is 10.0. The molecule has 0 unspecified atom stereocenters. The molecule has 0 spiro atoms. The van der Waals surface area contributed by atoms with Gasteiger partial charge < -0.3 is 14.2 Å². The summed E-state index contributed by atoms with van der Waals surface area (Å²) in [6.07, 6.45) is 2.83. The second kappa shape index (κ2) is 6.91. The third kappa shape index (κ3) is 3.70. The van der Waals surface area contributed by atoms with Crippen molar-refractivity contribution in [1.82, 2.24) is 0 Å². The molecule has 0 bridgehead atoms. The molecule has 0 saturated carbocycles. The van der Waals surface area contributed by atoms with Gasteiger partial charge >= 0.3 is 0 Å². The number of carbonyl (C=O) groups excluding carboxylic acids is 1. The van der Waals surface area contributed by atoms with Gasteiger partial charge in [-0.3, -0.25) is 4.79 Å². The third-order valence-corrected chi connectivity index (χ3v) is 3.78. The van der Waals surface area contributed by atoms with Crippen molar-refractivity contribution in [3.63, 3.8) is 0 Å². The monoisotopic (exact) mass is 328 g/mol. The van der Waals surface area contributed by atoms with E-state index < -0.39 is 0 Å². The van der Waals surface area contributed by atoms with Crippen LogP contribution in [0.15, 0.2) is 16.6 Å². The first kappa shape index (κ1) is 14.3. The molecule has 0 radical (unpaired) electrons. The molecule has 1 aromatic rings. The fraction of sp³-hybridized carbons (Fsp3) is 0.500. The highest BCUT2D eigenvalue weighted by molar-refractivity contribution is 9.10. The average Bonchev–Trinajstić information content (AvgIpc) is 2.46. The van der Waals surface area contributed by atoms with Gasteiger partial charge in [0, 0.05) is 18.8 Å². The zero-order valence-corrected chi connectivity index (χ0v) is 12.4. The van der Waals surface area contributed by atoms with Crippen LogP contribution in [0.3, 0.4) is 0 Å². The van der Waals surface area contributed by atoms with Crippen LogP contribution in [0.1, 0.15) is 23.2 Å². The van der Waals surface area contributed by atoms with E-state index in [1.165, 1.54) is 0 Å². The summed E-state index contributed by atoms with van der Waals surface area (Å²) in [5.41, 5.74) is 0.558. The lowest BCUT2D eigenvalue weighted by Gasteiger charge is -2.23. The van der Waals surface area contributed by atoms with Crippen LogP contribution in [0.2, 0.25) is 0 Å². The number of hydrogen-bond acceptors (Lipinski definition) is 4. The second-order valence-electron chi connectivity index (χ2n) is 4.52. The van der Waals surface area contributed by atoms with Crippen LogP contribution in [0.25, 0.3) is 0 Å². The molecule has 1 aromatic carbocycles. The minimum atomic E-state index is 0.510. The summed E-state index contributed by atoms with van der Waals surface area (Å²) in [6.45, 7) is 2.24. The number of methoxy groups -OCH3 is 1. The van der Waals surface area contributed by atoms with Crippen molar-refractivity contribution in [3.8, 4) is 11.5 Å². The van der Waals surface area contributed by atoms with E-state index in [2.05, 4.69) is 15.9 Å². The molecule has 1 heterocycles. The quantitative estimate of drug-likeness (QED) is 0.779. The van der Waals surface area contributed by atoms with E-state index in [0.29, 0.717) is 29.6 Å². The number of rotatable bonds is 5. The predicted molar refractivity (Wildman–Crippen MR) is 75.1 cm³/mol. The fourth-order valence-electron chi connectivity index (χ4n) is 2.06. The second-order valence-corrected chi connectivity index (χ2v) is 5.37. The minimum Gasteiger partial charge on any atom is -0.493 e. The summed E-state index contributed by atoms with van der Waals surface area (Å²) in [4.78, 5) is 10.8. The van der Waals surface area contributed by atoms with Crippen LogP contribution in [-0.4, -0.2) is 33.2 Å². The highest BCUT2D eigenvalue weighted by Crippen LogP contribution is 2.36. The van der Waals surface area contributed by atoms with E-state index in [9.17, 15) is 4.79 Å². The van der Waals surface area contributed by atoms with E-state index in [4.69, 9.17) is 14.2 Å². The lowest BCUT2D eigenvalue weighted by molar-refractivity contribution is 0.0492. The van der Waals surface area contributed by atoms with Gasteiger partial charge in [-0.1, -0.05) is 0 Å². The number of halogens is 1. The van der Waals surface area contributed by atoms with Gasteiger partial charge in [0.15, 0.2) is 11.5 Å². The summed E-state index contributed by atoms with van der Waals surface area (Å²) < 4.78 is 17.2. The molecular formula is C14H17BrO4. The van der Waals surface area contributed by atoms with Crippen LogP contribution >= 0.6 is 15.9 Å². The van der Waals surface area contributed by atoms with Gasteiger partial charge in [0.05, 0.1) is 18.2 Å². The maximum atomic E-state index is 10.8. The Balaban J connectivity index is 2.07. The highest BCUT2D eigenvalue weighted by Gasteiger charge is 2.17. The molecule has 19 heavy (non-hydrogen) atoms. The van der Waals surface area contributed by atoms with Crippen LogP contribution in [0, 0.1) is 5.92 Å². The highest BCUT2D eigenvalue weighted by atomic mass is 79.9. The van der Waals surface area contributed by atoms with Gasteiger partial charge in [0.2, 0.25) is 0 Å². The molecule has 104 valence electrons. The molecule has 1 fully saturated rings. The van der Waals surface area contributed by atoms with Gasteiger partial charge in [0.25, 0.3) is 0 Å². The van der Waals surface area contributed by atoms with Crippen molar-refractivity contribution in [2.45, 2.75) is 12.8 Å². The molecule has 1 aliphatic heterocycles. The largest absolute Gasteiger partial charge is 0.493 e. The fourth-order valence-corrected chi connectivity index (χ4v) is 2.64. The molecule has 2 rings (SSSR count). The van der Waals surface area contributed by atoms with Gasteiger partial charge in [-0.05, 0) is 46.8 Å². The first-order valence-corrected chi connectivity index (χ1v) is 7.07. The van der Waals surface area contributed by atoms with Gasteiger partial charge in [-0.25, -0.2) is 0 Å². The van der Waals surface area contributed by atoms with Crippen LogP contribution in [0.5, 0.6) is 11.5 Å². The zero-order chi connectivity index (χ0) is 13.7. The first-order chi connectivity index (χ1) is 9.24. The van der Waals surface area contributed by atoms with E-state index in [1.54, 1.807) is 19.2 Å². The topological polar surface area (TPSA) is 44.8 Å². The molecule has 0 aliphatic carbocycles. The van der Waals surface area contributed by atoms with Crippen LogP contribution in [-0.2, 0) is 4.74 Å². The number of benzene rings is 1. The van der Waals surface area contributed by atoms with Crippen molar-refractivity contribution in [1.29, 1.82) is 0 Å². The van der Waals surface area contributed by atoms with Crippen molar-refractivity contribution in [2.24, 2.45) is 5.92 Å². The number of hydrogen-bond donors (Lipinski definition) is 0. The summed E-state index contributed by atoms with van der Waals surface area (Å²) >= 11 is 3.42. The predicted octanol–water partition coefficient (Wildman–Crippen LogP) is 3.08. The molecule has 0 aromatic heterocycles. The van der Waals surface area contributed by atoms with Crippen molar-refractivity contribution in [3.05, 3.63) is 22.2 Å². The third-order valence-electron chi connectivity index (χ3n) is 3.19. The molecule has 0 N–H and O–H groups in total. The van der Waals surface area contributed by atoms with Crippen molar-refractivity contribution >= 4 is 22.2 Å². The minimum absolute atomic E-state index is 0.510. The standard InChI is InChI=1S/C14H17BrO4/c1-17-13-7-11(8-16)6-12(15)14(13)19-9-10-2-4-18-5-3-10/h6-8,10H,2-5,9H2,1H3. The smallest absolute Gasteiger partial charge is 0.175 e. The Hall–Kier alpha value is -1.07.